The minimum atomic E-state index is -10.7. The van der Waals surface area contributed by atoms with E-state index < -0.39 is 23.4 Å². The van der Waals surface area contributed by atoms with Gasteiger partial charge in [0.15, 0.2) is 21.5 Å². The summed E-state index contributed by atoms with van der Waals surface area (Å²) in [6, 6.07) is 26.1. The van der Waals surface area contributed by atoms with Crippen molar-refractivity contribution in [1.29, 1.82) is 0 Å². The summed E-state index contributed by atoms with van der Waals surface area (Å²) in [5.41, 5.74) is 10.5. The average Bonchev–Trinajstić information content (AvgIpc) is 3.80. The summed E-state index contributed by atoms with van der Waals surface area (Å²) < 4.78 is 133. The fourth-order valence-electron chi connectivity index (χ4n) is 7.19. The maximum atomic E-state index is 10.7. The summed E-state index contributed by atoms with van der Waals surface area (Å²) in [6.45, 7) is 3.04. The molecule has 426 valence electrons. The number of hydrogen-bond donors (Lipinski definition) is 0. The van der Waals surface area contributed by atoms with E-state index in [-0.39, 0.29) is 0 Å². The van der Waals surface area contributed by atoms with Gasteiger partial charge in [-0.15, -0.1) is 0 Å². The van der Waals surface area contributed by atoms with Crippen molar-refractivity contribution in [3.05, 3.63) is 191 Å². The van der Waals surface area contributed by atoms with E-state index in [1.54, 1.807) is 14.2 Å². The topological polar surface area (TPSA) is 91.4 Å². The molecule has 3 aromatic rings. The minimum absolute atomic E-state index is 0.685. The summed E-state index contributed by atoms with van der Waals surface area (Å²) in [5, 5.41) is 0. The van der Waals surface area contributed by atoms with Crippen molar-refractivity contribution in [3.8, 4) is 0 Å². The van der Waals surface area contributed by atoms with Gasteiger partial charge in [-0.3, -0.25) is 0 Å². The van der Waals surface area contributed by atoms with E-state index in [0.717, 1.165) is 31.5 Å². The molecule has 0 spiro atoms. The number of nitrogens with zero attached hydrogens (tertiary/aromatic N) is 5. The molecule has 3 aliphatic carbocycles. The van der Waals surface area contributed by atoms with Gasteiger partial charge in [0.2, 0.25) is 0 Å². The van der Waals surface area contributed by atoms with Crippen LogP contribution in [0, 0.1) is 0 Å². The largest absolute Gasteiger partial charge is 0.741 e. The molecule has 0 aliphatic heterocycles. The Balaban J connectivity index is 0.000000339. The average molecular weight is 1140 g/mol. The number of rotatable bonds is 15. The zero-order valence-electron chi connectivity index (χ0n) is 45.4. The molecule has 0 N–H and O–H groups in total. The third-order valence-corrected chi connectivity index (χ3v) is 11.9. The van der Waals surface area contributed by atoms with E-state index in [9.17, 15) is 38.4 Å². The monoisotopic (exact) mass is 1140 g/mol. The van der Waals surface area contributed by atoms with Crippen LogP contribution < -0.4 is 14.7 Å². The Morgan fingerprint density at radius 2 is 1.05 bits per heavy atom. The Hall–Kier alpha value is -6.57. The predicted molar refractivity (Wildman–Crippen MR) is 303 cm³/mol. The predicted octanol–water partition coefficient (Wildman–Crippen LogP) is 13.8. The zero-order valence-corrected chi connectivity index (χ0v) is 47.1. The van der Waals surface area contributed by atoms with E-state index in [2.05, 4.69) is 244 Å². The van der Waals surface area contributed by atoms with Crippen LogP contribution in [0.15, 0.2) is 174 Å². The van der Waals surface area contributed by atoms with Gasteiger partial charge in [-0.05, 0) is 118 Å². The van der Waals surface area contributed by atoms with Gasteiger partial charge in [-0.2, -0.15) is 13.2 Å². The Kier molecular flexibility index (Phi) is 23.9. The molecule has 0 amide bonds. The summed E-state index contributed by atoms with van der Waals surface area (Å²) >= 11 is 0. The molecule has 10 nitrogen and oxygen atoms in total. The Bertz CT molecular complexity index is 2940. The first-order chi connectivity index (χ1) is 36.1. The quantitative estimate of drug-likeness (QED) is 0.0371. The molecule has 3 aliphatic rings. The second-order valence-corrected chi connectivity index (χ2v) is 21.8. The van der Waals surface area contributed by atoms with Crippen molar-refractivity contribution in [3.63, 3.8) is 0 Å². The van der Waals surface area contributed by atoms with Gasteiger partial charge < -0.3 is 28.7 Å². The Morgan fingerprint density at radius 1 is 0.628 bits per heavy atom. The van der Waals surface area contributed by atoms with Gasteiger partial charge in [-0.25, -0.2) is 17.6 Å². The third-order valence-electron chi connectivity index (χ3n) is 11.3. The molecule has 0 atom stereocenters. The van der Waals surface area contributed by atoms with Crippen LogP contribution in [0.25, 0.3) is 17.7 Å². The number of allylic oxidation sites excluding steroid dienone is 18. The van der Waals surface area contributed by atoms with E-state index in [0.29, 0.717) is 13.2 Å². The maximum Gasteiger partial charge on any atom is 0.485 e. The van der Waals surface area contributed by atoms with Crippen LogP contribution in [0.5, 0.6) is 0 Å². The van der Waals surface area contributed by atoms with Crippen LogP contribution in [-0.2, 0) is 19.6 Å². The van der Waals surface area contributed by atoms with E-state index >= 15 is 0 Å². The van der Waals surface area contributed by atoms with Gasteiger partial charge in [0.05, 0.1) is 13.2 Å². The van der Waals surface area contributed by atoms with Crippen molar-refractivity contribution >= 4 is 64.1 Å². The summed E-state index contributed by atoms with van der Waals surface area (Å²) in [4.78, 5) is 6.53. The minimum Gasteiger partial charge on any atom is -0.741 e. The first-order valence-corrected chi connectivity index (χ1v) is 27.6. The molecule has 0 fully saturated rings. The standard InChI is InChI=1S/C33H42N3O2.C23H27N2.CHF3O3S.F6P/c1-34(2)30-19-13-28(14-20-30)33(29-15-21-31(22-16-29)35(3)4)10-8-7-9-27-11-17-32(18-12-27)36(23-25-37-5)24-26-38-6;1-24(2)22-11-7-18(8-12-22)15-20-5-6-21(17-20)16-19-9-13-23(14-10-19)25(3)4;2-1(3,4)8(5,6)7;1-7(2,3,4,5)6/h7-22H,23-26H2,1-6H3;7-17H,5-6H2,1-4H3;(H,5,6,7);/q2*+1;;-1/p-1. The molecule has 0 radical (unpaired) electrons. The fraction of sp³-hybridized carbons (Fsp3) is 0.298. The van der Waals surface area contributed by atoms with Crippen LogP contribution in [0.4, 0.5) is 55.4 Å². The molecule has 78 heavy (non-hydrogen) atoms. The van der Waals surface area contributed by atoms with Crippen LogP contribution in [0.2, 0.25) is 0 Å². The van der Waals surface area contributed by atoms with Crippen molar-refractivity contribution in [1.82, 2.24) is 0 Å². The zero-order chi connectivity index (χ0) is 58.5. The molecule has 6 rings (SSSR count). The fourth-order valence-corrected chi connectivity index (χ4v) is 7.19. The molecular weight excluding hydrogens is 1070 g/mol. The summed E-state index contributed by atoms with van der Waals surface area (Å²) in [6.07, 6.45) is 35.2. The van der Waals surface area contributed by atoms with E-state index in [1.807, 2.05) is 0 Å². The van der Waals surface area contributed by atoms with E-state index in [4.69, 9.17) is 22.4 Å². The molecule has 0 bridgehead atoms. The SMILES string of the molecule is CN(C)c1ccc(/C=C2/C=C(C=C3C=CC(=[N+](C)C)C=C3)CC2)cc1.COCCN(CCOC)c1ccc(/C=C/C=C/C(=C2C=CC(=[N+](C)C)C=C2)c2ccc(N(C)C)cc2)cc1.F[P-](F)(F)(F)(F)F.O=S(=O)([O-])C(F)(F)F. The number of halogens is 9. The first-order valence-electron chi connectivity index (χ1n) is 24.1. The van der Waals surface area contributed by atoms with Gasteiger partial charge in [0.1, 0.15) is 28.2 Å². The van der Waals surface area contributed by atoms with Crippen LogP contribution >= 0.6 is 7.81 Å². The number of alkyl halides is 3. The Labute approximate surface area is 453 Å². The molecular formula is C57H69F9N5O5PS. The number of benzene rings is 3. The van der Waals surface area contributed by atoms with Crippen molar-refractivity contribution in [2.24, 2.45) is 0 Å². The van der Waals surface area contributed by atoms with Crippen molar-refractivity contribution in [2.75, 3.05) is 112 Å². The number of anilines is 3. The van der Waals surface area contributed by atoms with Crippen molar-refractivity contribution in [2.45, 2.75) is 18.3 Å². The summed E-state index contributed by atoms with van der Waals surface area (Å²) in [7, 11) is 3.25. The van der Waals surface area contributed by atoms with Crippen LogP contribution in [0.3, 0.4) is 0 Å². The molecule has 21 heteroatoms. The maximum absolute atomic E-state index is 10.7. The number of ether oxygens (including phenoxy) is 2. The molecule has 3 aromatic carbocycles. The van der Waals surface area contributed by atoms with Crippen molar-refractivity contribution < 1.29 is 69.9 Å². The molecule has 0 aromatic heterocycles. The van der Waals surface area contributed by atoms with Crippen LogP contribution in [0.1, 0.15) is 29.5 Å². The molecule has 0 unspecified atom stereocenters. The normalized spacial score (nSPS) is 15.6. The third kappa shape index (κ3) is 25.7. The van der Waals surface area contributed by atoms with Gasteiger partial charge in [-0.1, -0.05) is 78.9 Å². The number of methoxy groups -OCH3 is 2. The second kappa shape index (κ2) is 28.4. The van der Waals surface area contributed by atoms with Gasteiger partial charge in [0.25, 0.3) is 0 Å². The summed E-state index contributed by atoms with van der Waals surface area (Å²) in [5.74, 6) is 0. The smallest absolute Gasteiger partial charge is 0.485 e. The first kappa shape index (κ1) is 65.7. The Morgan fingerprint density at radius 3 is 1.47 bits per heavy atom. The molecule has 0 heterocycles. The number of hydrogen-bond acceptors (Lipinski definition) is 8. The van der Waals surface area contributed by atoms with Crippen LogP contribution in [-0.4, -0.2) is 136 Å². The van der Waals surface area contributed by atoms with E-state index in [1.165, 1.54) is 67.5 Å². The van der Waals surface area contributed by atoms with Gasteiger partial charge >= 0.3 is 38.5 Å². The van der Waals surface area contributed by atoms with Gasteiger partial charge in [0, 0.05) is 96.9 Å². The molecule has 0 saturated heterocycles. The second-order valence-electron chi connectivity index (χ2n) is 18.5. The molecule has 0 saturated carbocycles.